The summed E-state index contributed by atoms with van der Waals surface area (Å²) in [7, 11) is 0. The molecule has 0 aliphatic heterocycles. The highest BCUT2D eigenvalue weighted by Gasteiger charge is 2.20. The molecule has 482 valence electrons. The Morgan fingerprint density at radius 2 is 0.580 bits per heavy atom. The van der Waals surface area contributed by atoms with E-state index in [-0.39, 0.29) is 18.5 Å². The molecule has 0 aliphatic rings. The van der Waals surface area contributed by atoms with Gasteiger partial charge in [0.25, 0.3) is 0 Å². The SMILES string of the molecule is CCCCCCC/C=C\CCCCCCCC(=O)OCCCCCCCCCCCCCCCCCCCCCCCCCCCCCC(=O)NC(CO)C(O)CCCCCCCCCCCCCCCCCCCCCCCCC. The van der Waals surface area contributed by atoms with Crippen LogP contribution in [0.25, 0.3) is 0 Å². The molecule has 0 aromatic rings. The van der Waals surface area contributed by atoms with Crippen LogP contribution >= 0.6 is 0 Å². The Labute approximate surface area is 508 Å². The molecule has 6 nitrogen and oxygen atoms in total. The summed E-state index contributed by atoms with van der Waals surface area (Å²) in [6.07, 6.45) is 88.5. The van der Waals surface area contributed by atoms with Crippen LogP contribution in [0.5, 0.6) is 0 Å². The number of carbonyl (C=O) groups is 2. The van der Waals surface area contributed by atoms with Crippen LogP contribution in [0.3, 0.4) is 0 Å². The van der Waals surface area contributed by atoms with Gasteiger partial charge in [0, 0.05) is 12.8 Å². The van der Waals surface area contributed by atoms with E-state index in [9.17, 15) is 19.8 Å². The summed E-state index contributed by atoms with van der Waals surface area (Å²) >= 11 is 0. The van der Waals surface area contributed by atoms with Gasteiger partial charge in [-0.1, -0.05) is 379 Å². The number of hydrogen-bond donors (Lipinski definition) is 3. The van der Waals surface area contributed by atoms with Crippen molar-refractivity contribution in [1.29, 1.82) is 0 Å². The minimum absolute atomic E-state index is 0.0107. The second kappa shape index (κ2) is 71.1. The molecule has 0 aromatic heterocycles. The minimum Gasteiger partial charge on any atom is -0.466 e. The average molecular weight is 1140 g/mol. The molecular weight excluding hydrogens is 995 g/mol. The van der Waals surface area contributed by atoms with E-state index >= 15 is 0 Å². The number of hydrogen-bond acceptors (Lipinski definition) is 5. The van der Waals surface area contributed by atoms with E-state index in [1.165, 1.54) is 353 Å². The van der Waals surface area contributed by atoms with E-state index in [2.05, 4.69) is 31.3 Å². The van der Waals surface area contributed by atoms with E-state index in [0.29, 0.717) is 25.9 Å². The number of unbranched alkanes of at least 4 members (excludes halogenated alkanes) is 58. The molecule has 2 atom stereocenters. The maximum Gasteiger partial charge on any atom is 0.305 e. The van der Waals surface area contributed by atoms with Gasteiger partial charge in [0.1, 0.15) is 0 Å². The number of aliphatic hydroxyl groups excluding tert-OH is 2. The molecule has 3 N–H and O–H groups in total. The lowest BCUT2D eigenvalue weighted by Gasteiger charge is -2.22. The number of allylic oxidation sites excluding steroid dienone is 2. The molecule has 0 aliphatic carbocycles. The average Bonchev–Trinajstić information content (AvgIpc) is 3.47. The van der Waals surface area contributed by atoms with Crippen LogP contribution in [0, 0.1) is 0 Å². The van der Waals surface area contributed by atoms with Crippen molar-refractivity contribution in [3.63, 3.8) is 0 Å². The second-order valence-corrected chi connectivity index (χ2v) is 26.0. The zero-order valence-corrected chi connectivity index (χ0v) is 55.3. The highest BCUT2D eigenvalue weighted by Crippen LogP contribution is 2.20. The molecular formula is C75H147NO5. The molecule has 0 heterocycles. The van der Waals surface area contributed by atoms with Crippen LogP contribution in [0.15, 0.2) is 12.2 Å². The summed E-state index contributed by atoms with van der Waals surface area (Å²) in [5.74, 6) is -0.0159. The predicted octanol–water partition coefficient (Wildman–Crippen LogP) is 24.3. The normalized spacial score (nSPS) is 12.5. The Morgan fingerprint density at radius 3 is 0.877 bits per heavy atom. The second-order valence-electron chi connectivity index (χ2n) is 26.0. The van der Waals surface area contributed by atoms with Gasteiger partial charge >= 0.3 is 5.97 Å². The maximum absolute atomic E-state index is 12.6. The Bertz CT molecular complexity index is 1220. The first-order chi connectivity index (χ1) is 40.0. The molecule has 2 unspecified atom stereocenters. The van der Waals surface area contributed by atoms with Crippen LogP contribution in [0.4, 0.5) is 0 Å². The predicted molar refractivity (Wildman–Crippen MR) is 357 cm³/mol. The largest absolute Gasteiger partial charge is 0.466 e. The fourth-order valence-corrected chi connectivity index (χ4v) is 12.1. The number of rotatable bonds is 71. The third-order valence-corrected chi connectivity index (χ3v) is 17.8. The number of aliphatic hydroxyl groups is 2. The lowest BCUT2D eigenvalue weighted by molar-refractivity contribution is -0.143. The summed E-state index contributed by atoms with van der Waals surface area (Å²) in [4.78, 5) is 24.6. The van der Waals surface area contributed by atoms with Gasteiger partial charge in [-0.25, -0.2) is 0 Å². The van der Waals surface area contributed by atoms with Gasteiger partial charge in [-0.2, -0.15) is 0 Å². The Hall–Kier alpha value is -1.40. The maximum atomic E-state index is 12.6. The molecule has 0 radical (unpaired) electrons. The number of ether oxygens (including phenoxy) is 1. The van der Waals surface area contributed by atoms with Gasteiger partial charge in [-0.3, -0.25) is 9.59 Å². The minimum atomic E-state index is -0.663. The van der Waals surface area contributed by atoms with E-state index in [4.69, 9.17) is 4.74 Å². The Balaban J connectivity index is 3.35. The smallest absolute Gasteiger partial charge is 0.305 e. The molecule has 0 aromatic carbocycles. The van der Waals surface area contributed by atoms with Gasteiger partial charge in [0.2, 0.25) is 5.91 Å². The van der Waals surface area contributed by atoms with Crippen LogP contribution in [-0.2, 0) is 14.3 Å². The lowest BCUT2D eigenvalue weighted by Crippen LogP contribution is -2.45. The van der Waals surface area contributed by atoms with Crippen molar-refractivity contribution in [2.45, 2.75) is 443 Å². The summed E-state index contributed by atoms with van der Waals surface area (Å²) < 4.78 is 5.49. The molecule has 0 spiro atoms. The molecule has 0 fully saturated rings. The Kier molecular flexibility index (Phi) is 69.9. The molecule has 0 rings (SSSR count). The van der Waals surface area contributed by atoms with Crippen molar-refractivity contribution in [1.82, 2.24) is 5.32 Å². The standard InChI is InChI=1S/C75H147NO5/c1-3-5-7-9-11-13-15-17-19-20-21-22-28-31-34-37-40-43-47-51-55-59-63-67-73(78)72(71-77)76-74(79)68-64-60-56-52-48-44-41-38-35-32-29-26-24-23-25-27-30-33-36-39-42-46-50-54-58-62-66-70-81-75(80)69-65-61-57-53-49-45-18-16-14-12-10-8-6-4-2/h16,18,72-73,77-78H,3-15,17,19-71H2,1-2H3,(H,76,79)/b18-16-. The van der Waals surface area contributed by atoms with Gasteiger partial charge in [-0.05, 0) is 51.4 Å². The van der Waals surface area contributed by atoms with E-state index in [1.54, 1.807) is 0 Å². The van der Waals surface area contributed by atoms with Crippen molar-refractivity contribution in [3.05, 3.63) is 12.2 Å². The highest BCUT2D eigenvalue weighted by molar-refractivity contribution is 5.76. The first-order valence-electron chi connectivity index (χ1n) is 37.4. The highest BCUT2D eigenvalue weighted by atomic mass is 16.5. The van der Waals surface area contributed by atoms with Crippen molar-refractivity contribution in [2.75, 3.05) is 13.2 Å². The van der Waals surface area contributed by atoms with Gasteiger partial charge in [0.15, 0.2) is 0 Å². The van der Waals surface area contributed by atoms with Crippen LogP contribution in [-0.4, -0.2) is 47.4 Å². The quantitative estimate of drug-likeness (QED) is 0.0320. The molecule has 6 heteroatoms. The lowest BCUT2D eigenvalue weighted by atomic mass is 10.0. The number of nitrogens with one attached hydrogen (secondary N) is 1. The van der Waals surface area contributed by atoms with Crippen LogP contribution in [0.2, 0.25) is 0 Å². The summed E-state index contributed by atoms with van der Waals surface area (Å²) in [6, 6.07) is -0.540. The van der Waals surface area contributed by atoms with E-state index < -0.39 is 12.1 Å². The fourth-order valence-electron chi connectivity index (χ4n) is 12.1. The monoisotopic (exact) mass is 1140 g/mol. The van der Waals surface area contributed by atoms with Crippen molar-refractivity contribution < 1.29 is 24.5 Å². The van der Waals surface area contributed by atoms with Crippen molar-refractivity contribution in [3.8, 4) is 0 Å². The van der Waals surface area contributed by atoms with E-state index in [1.807, 2.05) is 0 Å². The molecule has 0 bridgehead atoms. The van der Waals surface area contributed by atoms with Crippen molar-refractivity contribution >= 4 is 11.9 Å². The summed E-state index contributed by atoms with van der Waals surface area (Å²) in [6.45, 7) is 4.99. The first-order valence-corrected chi connectivity index (χ1v) is 37.4. The third-order valence-electron chi connectivity index (χ3n) is 17.8. The zero-order valence-electron chi connectivity index (χ0n) is 55.3. The zero-order chi connectivity index (χ0) is 58.5. The topological polar surface area (TPSA) is 95.9 Å². The summed E-state index contributed by atoms with van der Waals surface area (Å²) in [5.41, 5.74) is 0. The summed E-state index contributed by atoms with van der Waals surface area (Å²) in [5, 5.41) is 23.5. The number of carbonyl (C=O) groups excluding carboxylic acids is 2. The Morgan fingerprint density at radius 1 is 0.333 bits per heavy atom. The van der Waals surface area contributed by atoms with Crippen LogP contribution < -0.4 is 5.32 Å². The van der Waals surface area contributed by atoms with Crippen LogP contribution in [0.1, 0.15) is 431 Å². The van der Waals surface area contributed by atoms with Gasteiger partial charge < -0.3 is 20.3 Å². The van der Waals surface area contributed by atoms with Gasteiger partial charge in [-0.15, -0.1) is 0 Å². The number of amides is 1. The van der Waals surface area contributed by atoms with E-state index in [0.717, 1.165) is 44.9 Å². The fraction of sp³-hybridized carbons (Fsp3) is 0.947. The molecule has 0 saturated carbocycles. The molecule has 81 heavy (non-hydrogen) atoms. The van der Waals surface area contributed by atoms with Crippen molar-refractivity contribution in [2.24, 2.45) is 0 Å². The van der Waals surface area contributed by atoms with Gasteiger partial charge in [0.05, 0.1) is 25.4 Å². The molecule has 0 saturated heterocycles. The number of esters is 1. The molecule has 1 amide bonds. The third kappa shape index (κ3) is 67.6. The first kappa shape index (κ1) is 79.6.